The number of rotatable bonds is 5. The summed E-state index contributed by atoms with van der Waals surface area (Å²) in [6.45, 7) is 5.84. The molecular weight excluding hydrogens is 435 g/mol. The molecule has 0 saturated carbocycles. The zero-order valence-electron chi connectivity index (χ0n) is 18.7. The van der Waals surface area contributed by atoms with Gasteiger partial charge in [0.2, 0.25) is 5.88 Å². The van der Waals surface area contributed by atoms with E-state index in [0.29, 0.717) is 28.1 Å². The Morgan fingerprint density at radius 2 is 1.94 bits per heavy atom. The van der Waals surface area contributed by atoms with Crippen molar-refractivity contribution < 1.29 is 9.13 Å². The van der Waals surface area contributed by atoms with Gasteiger partial charge in [-0.25, -0.2) is 14.4 Å². The quantitative estimate of drug-likeness (QED) is 0.313. The predicted octanol–water partition coefficient (Wildman–Crippen LogP) is 5.62. The van der Waals surface area contributed by atoms with Crippen LogP contribution in [0.15, 0.2) is 55.0 Å². The van der Waals surface area contributed by atoms with Crippen molar-refractivity contribution >= 4 is 22.5 Å². The van der Waals surface area contributed by atoms with Crippen molar-refractivity contribution in [2.75, 3.05) is 5.32 Å². The first-order valence-corrected chi connectivity index (χ1v) is 10.6. The molecule has 170 valence electrons. The first kappa shape index (κ1) is 22.4. The predicted molar refractivity (Wildman–Crippen MR) is 126 cm³/mol. The van der Waals surface area contributed by atoms with Gasteiger partial charge in [0.15, 0.2) is 28.8 Å². The Kier molecular flexibility index (Phi) is 6.45. The van der Waals surface area contributed by atoms with Crippen molar-refractivity contribution in [3.63, 3.8) is 0 Å². The highest BCUT2D eigenvalue weighted by molar-refractivity contribution is 5.83. The summed E-state index contributed by atoms with van der Waals surface area (Å²) in [5.41, 5.74) is 2.89. The molecule has 0 aliphatic rings. The highest BCUT2D eigenvalue weighted by atomic mass is 19.1. The number of benzene rings is 1. The van der Waals surface area contributed by atoms with Gasteiger partial charge >= 0.3 is 0 Å². The number of aromatic amines is 2. The summed E-state index contributed by atoms with van der Waals surface area (Å²) in [5.74, 6) is -0.0697. The molecule has 34 heavy (non-hydrogen) atoms. The number of nitriles is 1. The van der Waals surface area contributed by atoms with Gasteiger partial charge in [0.25, 0.3) is 0 Å². The molecular formula is C24H21FN8O. The van der Waals surface area contributed by atoms with Crippen LogP contribution in [-0.2, 0) is 0 Å². The SMILES string of the molecule is CC.Cc1cc2c(F)c(Oc3ncnc(Nc4cc(-c5ccccn5)[nH]n4)c3C#N)ccc2[nH]1. The molecule has 0 aliphatic carbocycles. The van der Waals surface area contributed by atoms with Crippen molar-refractivity contribution in [2.24, 2.45) is 0 Å². The van der Waals surface area contributed by atoms with Crippen LogP contribution in [0, 0.1) is 24.1 Å². The van der Waals surface area contributed by atoms with E-state index in [1.165, 1.54) is 12.4 Å². The third-order valence-electron chi connectivity index (χ3n) is 4.73. The maximum absolute atomic E-state index is 14.9. The Bertz CT molecular complexity index is 1470. The highest BCUT2D eigenvalue weighted by Crippen LogP contribution is 2.33. The third kappa shape index (κ3) is 4.40. The smallest absolute Gasteiger partial charge is 0.242 e. The normalized spacial score (nSPS) is 10.3. The number of H-pyrrole nitrogens is 2. The molecule has 0 unspecified atom stereocenters. The minimum atomic E-state index is -0.545. The molecule has 1 aromatic carbocycles. The fraction of sp³-hybridized carbons (Fsp3) is 0.125. The van der Waals surface area contributed by atoms with E-state index in [0.717, 1.165) is 5.69 Å². The summed E-state index contributed by atoms with van der Waals surface area (Å²) in [6, 6.07) is 14.1. The average Bonchev–Trinajstić information content (AvgIpc) is 3.49. The van der Waals surface area contributed by atoms with Crippen molar-refractivity contribution in [1.82, 2.24) is 30.1 Å². The van der Waals surface area contributed by atoms with Crippen LogP contribution in [0.4, 0.5) is 16.0 Å². The Hall–Kier alpha value is -4.78. The van der Waals surface area contributed by atoms with E-state index in [1.807, 2.05) is 45.0 Å². The van der Waals surface area contributed by atoms with Crippen molar-refractivity contribution in [1.29, 1.82) is 5.26 Å². The molecule has 4 heterocycles. The van der Waals surface area contributed by atoms with Gasteiger partial charge in [0.05, 0.1) is 11.4 Å². The summed E-state index contributed by atoms with van der Waals surface area (Å²) in [4.78, 5) is 15.5. The first-order chi connectivity index (χ1) is 16.6. The first-order valence-electron chi connectivity index (χ1n) is 10.6. The summed E-state index contributed by atoms with van der Waals surface area (Å²) in [6.07, 6.45) is 2.90. The molecule has 0 amide bonds. The van der Waals surface area contributed by atoms with Gasteiger partial charge in [-0.3, -0.25) is 10.1 Å². The van der Waals surface area contributed by atoms with E-state index in [9.17, 15) is 9.65 Å². The number of pyridine rings is 1. The molecule has 0 fully saturated rings. The molecule has 5 rings (SSSR count). The highest BCUT2D eigenvalue weighted by Gasteiger charge is 2.18. The molecule has 0 bridgehead atoms. The third-order valence-corrected chi connectivity index (χ3v) is 4.73. The van der Waals surface area contributed by atoms with E-state index in [2.05, 4.69) is 35.5 Å². The zero-order valence-corrected chi connectivity index (χ0v) is 18.7. The van der Waals surface area contributed by atoms with Gasteiger partial charge in [-0.1, -0.05) is 19.9 Å². The lowest BCUT2D eigenvalue weighted by Gasteiger charge is -2.10. The van der Waals surface area contributed by atoms with E-state index in [-0.39, 0.29) is 23.0 Å². The molecule has 0 saturated heterocycles. The molecule has 9 nitrogen and oxygen atoms in total. The largest absolute Gasteiger partial charge is 0.434 e. The molecule has 0 spiro atoms. The van der Waals surface area contributed by atoms with E-state index in [1.54, 1.807) is 24.4 Å². The fourth-order valence-electron chi connectivity index (χ4n) is 3.27. The number of anilines is 2. The molecule has 3 N–H and O–H groups in total. The maximum atomic E-state index is 14.9. The Balaban J connectivity index is 0.00000133. The van der Waals surface area contributed by atoms with Crippen LogP contribution in [0.3, 0.4) is 0 Å². The topological polar surface area (TPSA) is 128 Å². The number of hydrogen-bond donors (Lipinski definition) is 3. The van der Waals surface area contributed by atoms with Crippen LogP contribution in [0.25, 0.3) is 22.3 Å². The lowest BCUT2D eigenvalue weighted by molar-refractivity contribution is 0.428. The van der Waals surface area contributed by atoms with Gasteiger partial charge in [0, 0.05) is 28.9 Å². The summed E-state index contributed by atoms with van der Waals surface area (Å²) in [5, 5.41) is 20.1. The second-order valence-electron chi connectivity index (χ2n) is 6.91. The van der Waals surface area contributed by atoms with E-state index in [4.69, 9.17) is 4.74 Å². The number of ether oxygens (including phenoxy) is 1. The van der Waals surface area contributed by atoms with Gasteiger partial charge in [0.1, 0.15) is 12.4 Å². The number of aromatic nitrogens is 6. The lowest BCUT2D eigenvalue weighted by atomic mass is 10.2. The number of halogens is 1. The number of hydrogen-bond acceptors (Lipinski definition) is 7. The number of nitrogens with one attached hydrogen (secondary N) is 3. The monoisotopic (exact) mass is 456 g/mol. The Morgan fingerprint density at radius 1 is 1.09 bits per heavy atom. The minimum Gasteiger partial charge on any atom is -0.434 e. The summed E-state index contributed by atoms with van der Waals surface area (Å²) in [7, 11) is 0. The van der Waals surface area contributed by atoms with Gasteiger partial charge in [-0.15, -0.1) is 0 Å². The molecule has 0 radical (unpaired) electrons. The van der Waals surface area contributed by atoms with Crippen LogP contribution in [0.1, 0.15) is 25.1 Å². The molecule has 0 aliphatic heterocycles. The summed E-state index contributed by atoms with van der Waals surface area (Å²) >= 11 is 0. The fourth-order valence-corrected chi connectivity index (χ4v) is 3.27. The van der Waals surface area contributed by atoms with Crippen LogP contribution in [-0.4, -0.2) is 30.1 Å². The second-order valence-corrected chi connectivity index (χ2v) is 6.91. The van der Waals surface area contributed by atoms with E-state index >= 15 is 0 Å². The zero-order chi connectivity index (χ0) is 24.1. The van der Waals surface area contributed by atoms with Crippen molar-refractivity contribution in [2.45, 2.75) is 20.8 Å². The minimum absolute atomic E-state index is 0.0135. The lowest BCUT2D eigenvalue weighted by Crippen LogP contribution is -2.02. The molecule has 5 aromatic rings. The van der Waals surface area contributed by atoms with Crippen molar-refractivity contribution in [3.8, 4) is 29.1 Å². The maximum Gasteiger partial charge on any atom is 0.242 e. The number of fused-ring (bicyclic) bond motifs is 1. The van der Waals surface area contributed by atoms with Crippen LogP contribution in [0.2, 0.25) is 0 Å². The van der Waals surface area contributed by atoms with Gasteiger partial charge in [-0.2, -0.15) is 10.4 Å². The molecule has 0 atom stereocenters. The van der Waals surface area contributed by atoms with Gasteiger partial charge in [-0.05, 0) is 37.3 Å². The van der Waals surface area contributed by atoms with Crippen LogP contribution >= 0.6 is 0 Å². The van der Waals surface area contributed by atoms with Gasteiger partial charge < -0.3 is 15.0 Å². The number of aryl methyl sites for hydroxylation is 1. The van der Waals surface area contributed by atoms with Crippen LogP contribution < -0.4 is 10.1 Å². The summed E-state index contributed by atoms with van der Waals surface area (Å²) < 4.78 is 20.6. The molecule has 4 aromatic heterocycles. The van der Waals surface area contributed by atoms with Crippen LogP contribution in [0.5, 0.6) is 11.6 Å². The Labute approximate surface area is 194 Å². The number of nitrogens with zero attached hydrogens (tertiary/aromatic N) is 5. The Morgan fingerprint density at radius 3 is 2.71 bits per heavy atom. The van der Waals surface area contributed by atoms with E-state index < -0.39 is 5.82 Å². The molecule has 10 heteroatoms. The van der Waals surface area contributed by atoms with Crippen molar-refractivity contribution in [3.05, 3.63) is 72.1 Å². The average molecular weight is 456 g/mol. The second kappa shape index (κ2) is 9.79. The standard InChI is InChI=1S/C22H15FN8O.C2H6/c1-12-8-13-15(28-12)5-6-18(20(13)23)32-22-14(10-24)21(26-11-27-22)29-19-9-17(30-31-19)16-4-2-3-7-25-16;1-2/h2-9,11,28H,1H3,(H2,26,27,29,30,31);1-2H3.